The van der Waals surface area contributed by atoms with E-state index in [1.54, 1.807) is 23.1 Å². The highest BCUT2D eigenvalue weighted by atomic mass is 35.5. The number of halogens is 2. The maximum Gasteiger partial charge on any atom is 0.315 e. The summed E-state index contributed by atoms with van der Waals surface area (Å²) in [6.07, 6.45) is 1.83. The molecule has 1 fully saturated rings. The Morgan fingerprint density at radius 1 is 1.35 bits per heavy atom. The van der Waals surface area contributed by atoms with Crippen LogP contribution >= 0.6 is 23.2 Å². The molecule has 1 aromatic carbocycles. The Kier molecular flexibility index (Phi) is 4.55. The van der Waals surface area contributed by atoms with Crippen LogP contribution in [-0.2, 0) is 16.1 Å². The SMILES string of the molecule is CC(C(=O)O)C(=O)N(Cc1ccc(Cl)c(Cl)c1)C1CC1. The van der Waals surface area contributed by atoms with Gasteiger partial charge in [0, 0.05) is 12.6 Å². The van der Waals surface area contributed by atoms with Gasteiger partial charge in [0.2, 0.25) is 5.91 Å². The second-order valence-corrected chi connectivity index (χ2v) is 5.82. The van der Waals surface area contributed by atoms with Gasteiger partial charge in [-0.25, -0.2) is 0 Å². The molecule has 1 aromatic rings. The van der Waals surface area contributed by atoms with Crippen LogP contribution < -0.4 is 0 Å². The van der Waals surface area contributed by atoms with Crippen LogP contribution in [0.4, 0.5) is 0 Å². The van der Waals surface area contributed by atoms with Gasteiger partial charge in [-0.2, -0.15) is 0 Å². The van der Waals surface area contributed by atoms with Crippen LogP contribution in [0.3, 0.4) is 0 Å². The number of aliphatic carboxylic acids is 1. The van der Waals surface area contributed by atoms with Crippen molar-refractivity contribution in [2.24, 2.45) is 5.92 Å². The van der Waals surface area contributed by atoms with E-state index in [4.69, 9.17) is 28.3 Å². The second kappa shape index (κ2) is 6.02. The third-order valence-electron chi connectivity index (χ3n) is 3.35. The van der Waals surface area contributed by atoms with Gasteiger partial charge in [0.25, 0.3) is 0 Å². The first-order valence-corrected chi connectivity index (χ1v) is 7.13. The molecule has 1 aliphatic rings. The molecule has 1 N–H and O–H groups in total. The van der Waals surface area contributed by atoms with Gasteiger partial charge in [-0.05, 0) is 37.5 Å². The molecule has 1 amide bonds. The third-order valence-corrected chi connectivity index (χ3v) is 4.09. The maximum atomic E-state index is 12.2. The quantitative estimate of drug-likeness (QED) is 0.849. The van der Waals surface area contributed by atoms with Crippen LogP contribution in [0.15, 0.2) is 18.2 Å². The van der Waals surface area contributed by atoms with E-state index in [1.807, 2.05) is 0 Å². The van der Waals surface area contributed by atoms with Crippen molar-refractivity contribution in [3.8, 4) is 0 Å². The van der Waals surface area contributed by atoms with E-state index in [-0.39, 0.29) is 11.9 Å². The van der Waals surface area contributed by atoms with E-state index < -0.39 is 11.9 Å². The lowest BCUT2D eigenvalue weighted by molar-refractivity contribution is -0.150. The van der Waals surface area contributed by atoms with Gasteiger partial charge >= 0.3 is 5.97 Å². The number of amides is 1. The zero-order valence-electron chi connectivity index (χ0n) is 11.0. The van der Waals surface area contributed by atoms with Crippen LogP contribution in [0, 0.1) is 5.92 Å². The molecule has 20 heavy (non-hydrogen) atoms. The summed E-state index contributed by atoms with van der Waals surface area (Å²) in [7, 11) is 0. The van der Waals surface area contributed by atoms with Crippen LogP contribution in [0.25, 0.3) is 0 Å². The fourth-order valence-electron chi connectivity index (χ4n) is 1.96. The molecule has 0 saturated heterocycles. The van der Waals surface area contributed by atoms with Crippen molar-refractivity contribution in [1.29, 1.82) is 0 Å². The van der Waals surface area contributed by atoms with Gasteiger partial charge in [-0.3, -0.25) is 9.59 Å². The number of hydrogen-bond donors (Lipinski definition) is 1. The lowest BCUT2D eigenvalue weighted by Crippen LogP contribution is -2.39. The molecule has 1 aliphatic carbocycles. The molecule has 4 nitrogen and oxygen atoms in total. The number of carbonyl (C=O) groups excluding carboxylic acids is 1. The van der Waals surface area contributed by atoms with Gasteiger partial charge in [-0.1, -0.05) is 29.3 Å². The van der Waals surface area contributed by atoms with Crippen molar-refractivity contribution in [3.05, 3.63) is 33.8 Å². The first kappa shape index (κ1) is 15.1. The Hall–Kier alpha value is -1.26. The molecule has 1 atom stereocenters. The summed E-state index contributed by atoms with van der Waals surface area (Å²) in [6.45, 7) is 1.77. The molecule has 0 bridgehead atoms. The standard InChI is InChI=1S/C14H15Cl2NO3/c1-8(14(19)20)13(18)17(10-3-4-10)7-9-2-5-11(15)12(16)6-9/h2,5-6,8,10H,3-4,7H2,1H3,(H,19,20). The fourth-order valence-corrected chi connectivity index (χ4v) is 2.28. The monoisotopic (exact) mass is 315 g/mol. The molecular weight excluding hydrogens is 301 g/mol. The number of benzene rings is 1. The summed E-state index contributed by atoms with van der Waals surface area (Å²) in [5.41, 5.74) is 0.845. The van der Waals surface area contributed by atoms with Crippen LogP contribution in [-0.4, -0.2) is 27.9 Å². The molecule has 0 spiro atoms. The Bertz CT molecular complexity index is 543. The van der Waals surface area contributed by atoms with E-state index in [1.165, 1.54) is 6.92 Å². The number of hydrogen-bond acceptors (Lipinski definition) is 2. The minimum atomic E-state index is -1.10. The Balaban J connectivity index is 2.15. The smallest absolute Gasteiger partial charge is 0.315 e. The average molecular weight is 316 g/mol. The van der Waals surface area contributed by atoms with Crippen LogP contribution in [0.2, 0.25) is 10.0 Å². The minimum Gasteiger partial charge on any atom is -0.481 e. The van der Waals surface area contributed by atoms with Crippen molar-refractivity contribution in [2.45, 2.75) is 32.4 Å². The highest BCUT2D eigenvalue weighted by Gasteiger charge is 2.36. The highest BCUT2D eigenvalue weighted by Crippen LogP contribution is 2.31. The summed E-state index contributed by atoms with van der Waals surface area (Å²) in [5, 5.41) is 9.85. The summed E-state index contributed by atoms with van der Waals surface area (Å²) >= 11 is 11.8. The molecular formula is C14H15Cl2NO3. The summed E-state index contributed by atoms with van der Waals surface area (Å²) in [5.74, 6) is -2.49. The molecule has 0 aromatic heterocycles. The first-order chi connectivity index (χ1) is 9.40. The molecule has 0 radical (unpaired) electrons. The molecule has 108 valence electrons. The van der Waals surface area contributed by atoms with Crippen LogP contribution in [0.5, 0.6) is 0 Å². The molecule has 6 heteroatoms. The largest absolute Gasteiger partial charge is 0.481 e. The maximum absolute atomic E-state index is 12.2. The average Bonchev–Trinajstić information content (AvgIpc) is 3.22. The van der Waals surface area contributed by atoms with Gasteiger partial charge in [-0.15, -0.1) is 0 Å². The predicted molar refractivity (Wildman–Crippen MR) is 76.8 cm³/mol. The Labute approximate surface area is 127 Å². The minimum absolute atomic E-state index is 0.138. The van der Waals surface area contributed by atoms with Gasteiger partial charge < -0.3 is 10.0 Å². The summed E-state index contributed by atoms with van der Waals surface area (Å²) in [6, 6.07) is 5.31. The molecule has 0 heterocycles. The van der Waals surface area contributed by atoms with E-state index in [0.717, 1.165) is 18.4 Å². The zero-order chi connectivity index (χ0) is 14.9. The molecule has 2 rings (SSSR count). The number of nitrogens with zero attached hydrogens (tertiary/aromatic N) is 1. The Morgan fingerprint density at radius 3 is 2.50 bits per heavy atom. The second-order valence-electron chi connectivity index (χ2n) is 5.01. The normalized spacial score (nSPS) is 15.8. The summed E-state index contributed by atoms with van der Waals surface area (Å²) < 4.78 is 0. The fraction of sp³-hybridized carbons (Fsp3) is 0.429. The number of carboxylic acids is 1. The summed E-state index contributed by atoms with van der Waals surface area (Å²) in [4.78, 5) is 24.8. The zero-order valence-corrected chi connectivity index (χ0v) is 12.5. The Morgan fingerprint density at radius 2 is 2.00 bits per heavy atom. The van der Waals surface area contributed by atoms with Crippen LogP contribution in [0.1, 0.15) is 25.3 Å². The van der Waals surface area contributed by atoms with E-state index in [0.29, 0.717) is 16.6 Å². The van der Waals surface area contributed by atoms with Crippen molar-refractivity contribution >= 4 is 35.1 Å². The molecule has 0 aliphatic heterocycles. The highest BCUT2D eigenvalue weighted by molar-refractivity contribution is 6.42. The van der Waals surface area contributed by atoms with Crippen molar-refractivity contribution in [3.63, 3.8) is 0 Å². The molecule has 1 saturated carbocycles. The lowest BCUT2D eigenvalue weighted by Gasteiger charge is -2.24. The number of carboxylic acid groups (broad SMARTS) is 1. The number of carbonyl (C=O) groups is 2. The van der Waals surface area contributed by atoms with Crippen molar-refractivity contribution in [2.75, 3.05) is 0 Å². The van der Waals surface area contributed by atoms with Gasteiger partial charge in [0.15, 0.2) is 0 Å². The van der Waals surface area contributed by atoms with Crippen molar-refractivity contribution in [1.82, 2.24) is 4.90 Å². The topological polar surface area (TPSA) is 57.6 Å². The van der Waals surface area contributed by atoms with Gasteiger partial charge in [0.1, 0.15) is 5.92 Å². The first-order valence-electron chi connectivity index (χ1n) is 6.37. The van der Waals surface area contributed by atoms with Gasteiger partial charge in [0.05, 0.1) is 10.0 Å². The third kappa shape index (κ3) is 3.44. The van der Waals surface area contributed by atoms with E-state index >= 15 is 0 Å². The van der Waals surface area contributed by atoms with Crippen molar-refractivity contribution < 1.29 is 14.7 Å². The predicted octanol–water partition coefficient (Wildman–Crippen LogP) is 3.21. The number of rotatable bonds is 5. The lowest BCUT2D eigenvalue weighted by atomic mass is 10.1. The van der Waals surface area contributed by atoms with E-state index in [9.17, 15) is 9.59 Å². The molecule has 1 unspecified atom stereocenters. The van der Waals surface area contributed by atoms with E-state index in [2.05, 4.69) is 0 Å².